The minimum Gasteiger partial charge on any atom is -0.475 e. The number of ether oxygens (including phenoxy) is 1. The highest BCUT2D eigenvalue weighted by atomic mass is 16.5. The Bertz CT molecular complexity index is 591. The van der Waals surface area contributed by atoms with E-state index in [1.807, 2.05) is 18.2 Å². The predicted octanol–water partition coefficient (Wildman–Crippen LogP) is 3.04. The molecule has 0 saturated heterocycles. The van der Waals surface area contributed by atoms with Gasteiger partial charge in [-0.25, -0.2) is 4.79 Å². The molecule has 1 aromatic carbocycles. The second kappa shape index (κ2) is 7.81. The third-order valence-corrected chi connectivity index (χ3v) is 3.40. The number of hydrogen-bond donors (Lipinski definition) is 2. The largest absolute Gasteiger partial charge is 0.475 e. The maximum Gasteiger partial charge on any atom is 0.372 e. The summed E-state index contributed by atoms with van der Waals surface area (Å²) >= 11 is 0. The molecular formula is C16H21NO4. The van der Waals surface area contributed by atoms with Crippen LogP contribution in [0.25, 0.3) is 11.0 Å². The summed E-state index contributed by atoms with van der Waals surface area (Å²) in [5, 5.41) is 13.4. The summed E-state index contributed by atoms with van der Waals surface area (Å²) in [6, 6.07) is 7.40. The van der Waals surface area contributed by atoms with Crippen LogP contribution in [0.15, 0.2) is 28.7 Å². The zero-order valence-electron chi connectivity index (χ0n) is 12.2. The van der Waals surface area contributed by atoms with Crippen LogP contribution in [0.4, 0.5) is 0 Å². The highest BCUT2D eigenvalue weighted by Crippen LogP contribution is 2.25. The zero-order chi connectivity index (χ0) is 15.1. The van der Waals surface area contributed by atoms with Crippen molar-refractivity contribution in [3.8, 4) is 0 Å². The van der Waals surface area contributed by atoms with Gasteiger partial charge in [-0.1, -0.05) is 18.2 Å². The summed E-state index contributed by atoms with van der Waals surface area (Å²) in [4.78, 5) is 11.3. The van der Waals surface area contributed by atoms with E-state index in [1.54, 1.807) is 13.2 Å². The molecule has 0 amide bonds. The van der Waals surface area contributed by atoms with Crippen molar-refractivity contribution in [2.45, 2.75) is 25.8 Å². The number of methoxy groups -OCH3 is 1. The van der Waals surface area contributed by atoms with Crippen LogP contribution in [0.1, 0.15) is 35.4 Å². The van der Waals surface area contributed by atoms with Gasteiger partial charge in [-0.05, 0) is 31.9 Å². The lowest BCUT2D eigenvalue weighted by atomic mass is 10.1. The first-order valence-electron chi connectivity index (χ1n) is 7.17. The predicted molar refractivity (Wildman–Crippen MR) is 80.6 cm³/mol. The summed E-state index contributed by atoms with van der Waals surface area (Å²) in [5.41, 5.74) is 1.33. The number of carboxylic acids is 1. The number of furan rings is 1. The summed E-state index contributed by atoms with van der Waals surface area (Å²) in [6.45, 7) is 2.14. The average Bonchev–Trinajstić information content (AvgIpc) is 2.85. The average molecular weight is 291 g/mol. The topological polar surface area (TPSA) is 71.7 Å². The zero-order valence-corrected chi connectivity index (χ0v) is 12.2. The number of aromatic carboxylic acids is 1. The molecule has 2 aromatic rings. The van der Waals surface area contributed by atoms with Crippen molar-refractivity contribution in [2.75, 3.05) is 20.3 Å². The van der Waals surface area contributed by atoms with Crippen LogP contribution in [-0.2, 0) is 11.3 Å². The molecule has 0 unspecified atom stereocenters. The van der Waals surface area contributed by atoms with Crippen LogP contribution < -0.4 is 5.32 Å². The number of unbranched alkanes of at least 4 members (excludes halogenated alkanes) is 2. The Morgan fingerprint density at radius 3 is 2.86 bits per heavy atom. The quantitative estimate of drug-likeness (QED) is 0.695. The van der Waals surface area contributed by atoms with Crippen LogP contribution in [0.2, 0.25) is 0 Å². The Hall–Kier alpha value is -1.85. The summed E-state index contributed by atoms with van der Waals surface area (Å²) in [6.07, 6.45) is 3.19. The monoisotopic (exact) mass is 291 g/mol. The molecular weight excluding hydrogens is 270 g/mol. The molecule has 114 valence electrons. The number of benzene rings is 1. The molecule has 2 N–H and O–H groups in total. The normalized spacial score (nSPS) is 11.1. The number of hydrogen-bond acceptors (Lipinski definition) is 4. The van der Waals surface area contributed by atoms with Gasteiger partial charge in [0, 0.05) is 31.2 Å². The van der Waals surface area contributed by atoms with Crippen molar-refractivity contribution in [1.29, 1.82) is 0 Å². The molecule has 5 heteroatoms. The summed E-state index contributed by atoms with van der Waals surface area (Å²) < 4.78 is 10.4. The van der Waals surface area contributed by atoms with E-state index in [4.69, 9.17) is 9.15 Å². The molecule has 0 spiro atoms. The second-order valence-electron chi connectivity index (χ2n) is 4.94. The lowest BCUT2D eigenvalue weighted by Gasteiger charge is -2.04. The van der Waals surface area contributed by atoms with Gasteiger partial charge in [0.2, 0.25) is 5.76 Å². The van der Waals surface area contributed by atoms with Gasteiger partial charge in [0.05, 0.1) is 0 Å². The van der Waals surface area contributed by atoms with Crippen molar-refractivity contribution >= 4 is 16.9 Å². The third kappa shape index (κ3) is 4.06. The fourth-order valence-electron chi connectivity index (χ4n) is 2.33. The first-order chi connectivity index (χ1) is 10.2. The molecule has 0 bridgehead atoms. The first-order valence-corrected chi connectivity index (χ1v) is 7.17. The maximum atomic E-state index is 11.3. The van der Waals surface area contributed by atoms with Gasteiger partial charge >= 0.3 is 5.97 Å². The van der Waals surface area contributed by atoms with E-state index in [0.29, 0.717) is 12.1 Å². The molecule has 0 saturated carbocycles. The van der Waals surface area contributed by atoms with Crippen LogP contribution in [0, 0.1) is 0 Å². The molecule has 0 aliphatic heterocycles. The van der Waals surface area contributed by atoms with Crippen molar-refractivity contribution in [2.24, 2.45) is 0 Å². The minimum atomic E-state index is -1.02. The van der Waals surface area contributed by atoms with Gasteiger partial charge in [-0.3, -0.25) is 0 Å². The molecule has 2 rings (SSSR count). The molecule has 1 heterocycles. The Balaban J connectivity index is 1.94. The van der Waals surface area contributed by atoms with E-state index in [-0.39, 0.29) is 5.76 Å². The molecule has 0 radical (unpaired) electrons. The maximum absolute atomic E-state index is 11.3. The Morgan fingerprint density at radius 1 is 1.29 bits per heavy atom. The highest BCUT2D eigenvalue weighted by molar-refractivity contribution is 5.95. The minimum absolute atomic E-state index is 0.0306. The second-order valence-corrected chi connectivity index (χ2v) is 4.94. The van der Waals surface area contributed by atoms with Gasteiger partial charge in [0.1, 0.15) is 5.58 Å². The van der Waals surface area contributed by atoms with Gasteiger partial charge in [-0.2, -0.15) is 0 Å². The molecule has 0 atom stereocenters. The number of para-hydroxylation sites is 1. The highest BCUT2D eigenvalue weighted by Gasteiger charge is 2.18. The van der Waals surface area contributed by atoms with E-state index < -0.39 is 5.97 Å². The number of fused-ring (bicyclic) bond motifs is 1. The Kier molecular flexibility index (Phi) is 5.78. The lowest BCUT2D eigenvalue weighted by molar-refractivity contribution is 0.0663. The number of carbonyl (C=O) groups is 1. The fraction of sp³-hybridized carbons (Fsp3) is 0.438. The molecule has 1 aromatic heterocycles. The molecule has 0 aliphatic carbocycles. The number of rotatable bonds is 9. The van der Waals surface area contributed by atoms with E-state index >= 15 is 0 Å². The summed E-state index contributed by atoms with van der Waals surface area (Å²) in [7, 11) is 1.70. The lowest BCUT2D eigenvalue weighted by Crippen LogP contribution is -2.16. The van der Waals surface area contributed by atoms with Crippen molar-refractivity contribution < 1.29 is 19.1 Å². The molecule has 5 nitrogen and oxygen atoms in total. The van der Waals surface area contributed by atoms with Crippen LogP contribution in [-0.4, -0.2) is 31.3 Å². The SMILES string of the molecule is COCCCCCNCc1c(C(=O)O)oc2ccccc12. The molecule has 0 aliphatic rings. The smallest absolute Gasteiger partial charge is 0.372 e. The standard InChI is InChI=1S/C16H21NO4/c1-20-10-6-2-5-9-17-11-13-12-7-3-4-8-14(12)21-15(13)16(18)19/h3-4,7-8,17H,2,5-6,9-11H2,1H3,(H,18,19). The summed E-state index contributed by atoms with van der Waals surface area (Å²) in [5.74, 6) is -0.994. The van der Waals surface area contributed by atoms with E-state index in [0.717, 1.165) is 43.4 Å². The number of carboxylic acid groups (broad SMARTS) is 1. The van der Waals surface area contributed by atoms with Crippen LogP contribution in [0.3, 0.4) is 0 Å². The van der Waals surface area contributed by atoms with Gasteiger partial charge in [-0.15, -0.1) is 0 Å². The van der Waals surface area contributed by atoms with Crippen molar-refractivity contribution in [3.05, 3.63) is 35.6 Å². The van der Waals surface area contributed by atoms with E-state index in [1.165, 1.54) is 0 Å². The van der Waals surface area contributed by atoms with Gasteiger partial charge in [0.25, 0.3) is 0 Å². The van der Waals surface area contributed by atoms with Crippen LogP contribution in [0.5, 0.6) is 0 Å². The van der Waals surface area contributed by atoms with Gasteiger partial charge < -0.3 is 19.6 Å². The van der Waals surface area contributed by atoms with Gasteiger partial charge in [0.15, 0.2) is 0 Å². The van der Waals surface area contributed by atoms with Crippen molar-refractivity contribution in [3.63, 3.8) is 0 Å². The van der Waals surface area contributed by atoms with Crippen LogP contribution >= 0.6 is 0 Å². The van der Waals surface area contributed by atoms with E-state index in [9.17, 15) is 9.90 Å². The van der Waals surface area contributed by atoms with Crippen molar-refractivity contribution in [1.82, 2.24) is 5.32 Å². The third-order valence-electron chi connectivity index (χ3n) is 3.40. The molecule has 21 heavy (non-hydrogen) atoms. The Labute approximate surface area is 123 Å². The molecule has 0 fully saturated rings. The van der Waals surface area contributed by atoms with E-state index in [2.05, 4.69) is 5.32 Å². The Morgan fingerprint density at radius 2 is 2.10 bits per heavy atom. The fourth-order valence-corrected chi connectivity index (χ4v) is 2.33. The first kappa shape index (κ1) is 15.5. The number of nitrogens with one attached hydrogen (secondary N) is 1.